The lowest BCUT2D eigenvalue weighted by molar-refractivity contribution is -0.134. The molecule has 0 saturated carbocycles. The molecule has 2 heterocycles. The number of hydrogen-bond donors (Lipinski definition) is 0. The molecule has 0 radical (unpaired) electrons. The van der Waals surface area contributed by atoms with Gasteiger partial charge in [0.05, 0.1) is 24.3 Å². The molecule has 2 amide bonds. The molecule has 3 atom stereocenters. The Balaban J connectivity index is 2.17. The number of likely N-dealkylation sites (tertiary alicyclic amines) is 1. The van der Waals surface area contributed by atoms with Gasteiger partial charge in [-0.15, -0.1) is 0 Å². The van der Waals surface area contributed by atoms with E-state index in [1.807, 2.05) is 25.9 Å². The zero-order valence-electron chi connectivity index (χ0n) is 15.1. The van der Waals surface area contributed by atoms with Crippen molar-refractivity contribution in [3.8, 4) is 0 Å². The maximum Gasteiger partial charge on any atom is 0.241 e. The fraction of sp³-hybridized carbons (Fsp3) is 0.875. The van der Waals surface area contributed by atoms with Gasteiger partial charge in [0.25, 0.3) is 0 Å². The topological polar surface area (TPSA) is 78.0 Å². The molecule has 2 rings (SSSR count). The van der Waals surface area contributed by atoms with E-state index < -0.39 is 15.9 Å². The standard InChI is InChI=1S/C16H29N3O4S/c1-5-7-12-15-13(19(16(12)21)24(4,22)23)9-11-18(15)14(20)8-6-10-17(2)3/h12-13,15H,5-11H2,1-4H3/t12-,13+,15-/m1/s1. The van der Waals surface area contributed by atoms with Gasteiger partial charge < -0.3 is 9.80 Å². The normalized spacial score (nSPS) is 27.2. The minimum atomic E-state index is -3.60. The number of carbonyl (C=O) groups excluding carboxylic acids is 2. The Kier molecular flexibility index (Phi) is 5.91. The highest BCUT2D eigenvalue weighted by atomic mass is 32.2. The lowest BCUT2D eigenvalue weighted by Gasteiger charge is -2.27. The molecule has 0 N–H and O–H groups in total. The van der Waals surface area contributed by atoms with Gasteiger partial charge >= 0.3 is 0 Å². The second kappa shape index (κ2) is 7.39. The summed E-state index contributed by atoms with van der Waals surface area (Å²) in [5, 5.41) is 0. The van der Waals surface area contributed by atoms with Crippen LogP contribution >= 0.6 is 0 Å². The highest BCUT2D eigenvalue weighted by Crippen LogP contribution is 2.40. The highest BCUT2D eigenvalue weighted by molar-refractivity contribution is 7.88. The molecule has 24 heavy (non-hydrogen) atoms. The molecule has 0 bridgehead atoms. The van der Waals surface area contributed by atoms with Gasteiger partial charge in [0.15, 0.2) is 0 Å². The zero-order chi connectivity index (χ0) is 18.1. The van der Waals surface area contributed by atoms with Gasteiger partial charge in [0, 0.05) is 13.0 Å². The molecule has 2 aliphatic rings. The fourth-order valence-corrected chi connectivity index (χ4v) is 5.19. The van der Waals surface area contributed by atoms with E-state index in [1.165, 1.54) is 0 Å². The van der Waals surface area contributed by atoms with Gasteiger partial charge in [0.2, 0.25) is 21.8 Å². The van der Waals surface area contributed by atoms with Gasteiger partial charge in [0.1, 0.15) is 0 Å². The van der Waals surface area contributed by atoms with Crippen molar-refractivity contribution in [1.82, 2.24) is 14.1 Å². The Labute approximate surface area is 145 Å². The predicted octanol–water partition coefficient (Wildman–Crippen LogP) is 0.516. The molecule has 2 fully saturated rings. The Morgan fingerprint density at radius 3 is 2.54 bits per heavy atom. The van der Waals surface area contributed by atoms with Crippen molar-refractivity contribution < 1.29 is 18.0 Å². The van der Waals surface area contributed by atoms with Crippen LogP contribution in [0.4, 0.5) is 0 Å². The SMILES string of the molecule is CCC[C@H]1C(=O)N(S(C)(=O)=O)[C@H]2CCN(C(=O)CCCN(C)C)[C@H]12. The van der Waals surface area contributed by atoms with Crippen molar-refractivity contribution in [1.29, 1.82) is 0 Å². The summed E-state index contributed by atoms with van der Waals surface area (Å²) in [6, 6.07) is -0.680. The number of nitrogens with zero attached hydrogens (tertiary/aromatic N) is 3. The Morgan fingerprint density at radius 2 is 2.00 bits per heavy atom. The van der Waals surface area contributed by atoms with Crippen LogP contribution in [-0.2, 0) is 19.6 Å². The summed E-state index contributed by atoms with van der Waals surface area (Å²) >= 11 is 0. The Morgan fingerprint density at radius 1 is 1.33 bits per heavy atom. The van der Waals surface area contributed by atoms with Crippen molar-refractivity contribution in [3.05, 3.63) is 0 Å². The lowest BCUT2D eigenvalue weighted by atomic mass is 9.94. The average Bonchev–Trinajstić information content (AvgIpc) is 2.97. The van der Waals surface area contributed by atoms with Crippen LogP contribution in [0.15, 0.2) is 0 Å². The van der Waals surface area contributed by atoms with Crippen LogP contribution in [0.25, 0.3) is 0 Å². The third-order valence-electron chi connectivity index (χ3n) is 4.94. The molecule has 2 aliphatic heterocycles. The number of carbonyl (C=O) groups is 2. The maximum atomic E-state index is 12.6. The quantitative estimate of drug-likeness (QED) is 0.662. The lowest BCUT2D eigenvalue weighted by Crippen LogP contribution is -2.43. The van der Waals surface area contributed by atoms with Crippen molar-refractivity contribution in [3.63, 3.8) is 0 Å². The molecule has 2 saturated heterocycles. The van der Waals surface area contributed by atoms with Crippen molar-refractivity contribution >= 4 is 21.8 Å². The summed E-state index contributed by atoms with van der Waals surface area (Å²) in [5.41, 5.74) is 0. The number of rotatable bonds is 7. The van der Waals surface area contributed by atoms with E-state index in [2.05, 4.69) is 0 Å². The van der Waals surface area contributed by atoms with E-state index in [4.69, 9.17) is 0 Å². The molecular formula is C16H29N3O4S. The van der Waals surface area contributed by atoms with Crippen LogP contribution in [0.3, 0.4) is 0 Å². The molecule has 0 unspecified atom stereocenters. The summed E-state index contributed by atoms with van der Waals surface area (Å²) in [5.74, 6) is -0.691. The maximum absolute atomic E-state index is 12.6. The molecule has 0 aromatic rings. The van der Waals surface area contributed by atoms with Crippen LogP contribution in [0, 0.1) is 5.92 Å². The molecule has 0 aromatic carbocycles. The summed E-state index contributed by atoms with van der Waals surface area (Å²) < 4.78 is 25.2. The first-order valence-corrected chi connectivity index (χ1v) is 10.5. The van der Waals surface area contributed by atoms with E-state index in [0.717, 1.165) is 29.9 Å². The number of amides is 2. The molecular weight excluding hydrogens is 330 g/mol. The molecule has 7 nitrogen and oxygen atoms in total. The third-order valence-corrected chi connectivity index (χ3v) is 6.11. The second-order valence-electron chi connectivity index (χ2n) is 7.13. The monoisotopic (exact) mass is 359 g/mol. The second-order valence-corrected chi connectivity index (χ2v) is 8.99. The molecule has 0 spiro atoms. The van der Waals surface area contributed by atoms with Crippen LogP contribution in [-0.4, -0.2) is 79.9 Å². The largest absolute Gasteiger partial charge is 0.337 e. The van der Waals surface area contributed by atoms with E-state index in [9.17, 15) is 18.0 Å². The number of sulfonamides is 1. The van der Waals surface area contributed by atoms with Crippen molar-refractivity contribution in [2.24, 2.45) is 5.92 Å². The van der Waals surface area contributed by atoms with E-state index in [0.29, 0.717) is 25.8 Å². The summed E-state index contributed by atoms with van der Waals surface area (Å²) in [4.78, 5) is 29.0. The van der Waals surface area contributed by atoms with Gasteiger partial charge in [-0.2, -0.15) is 0 Å². The number of hydrogen-bond acceptors (Lipinski definition) is 5. The average molecular weight is 359 g/mol. The van der Waals surface area contributed by atoms with Crippen LogP contribution in [0.5, 0.6) is 0 Å². The third kappa shape index (κ3) is 3.74. The van der Waals surface area contributed by atoms with Gasteiger partial charge in [-0.25, -0.2) is 12.7 Å². The summed E-state index contributed by atoms with van der Waals surface area (Å²) in [6.45, 7) is 3.35. The van der Waals surface area contributed by atoms with Crippen LogP contribution in [0.2, 0.25) is 0 Å². The molecule has 138 valence electrons. The van der Waals surface area contributed by atoms with Crippen LogP contribution < -0.4 is 0 Å². The first kappa shape index (κ1) is 19.2. The number of fused-ring (bicyclic) bond motifs is 1. The zero-order valence-corrected chi connectivity index (χ0v) is 15.9. The molecule has 0 aromatic heterocycles. The van der Waals surface area contributed by atoms with E-state index in [1.54, 1.807) is 4.90 Å². The first-order valence-electron chi connectivity index (χ1n) is 8.66. The summed E-state index contributed by atoms with van der Waals surface area (Å²) in [6.07, 6.45) is 4.24. The van der Waals surface area contributed by atoms with Gasteiger partial charge in [-0.05, 0) is 39.9 Å². The van der Waals surface area contributed by atoms with Crippen molar-refractivity contribution in [2.75, 3.05) is 33.4 Å². The fourth-order valence-electron chi connectivity index (χ4n) is 4.01. The minimum Gasteiger partial charge on any atom is -0.337 e. The molecule has 0 aliphatic carbocycles. The van der Waals surface area contributed by atoms with Crippen LogP contribution in [0.1, 0.15) is 39.0 Å². The minimum absolute atomic E-state index is 0.0357. The first-order chi connectivity index (χ1) is 11.2. The Bertz CT molecular complexity index is 590. The van der Waals surface area contributed by atoms with Gasteiger partial charge in [-0.3, -0.25) is 9.59 Å². The molecule has 8 heteroatoms. The Hall–Kier alpha value is -1.15. The van der Waals surface area contributed by atoms with Gasteiger partial charge in [-0.1, -0.05) is 13.3 Å². The van der Waals surface area contributed by atoms with Crippen molar-refractivity contribution in [2.45, 2.75) is 51.1 Å². The van der Waals surface area contributed by atoms with E-state index in [-0.39, 0.29) is 23.9 Å². The smallest absolute Gasteiger partial charge is 0.241 e. The highest BCUT2D eigenvalue weighted by Gasteiger charge is 2.56. The van der Waals surface area contributed by atoms with E-state index >= 15 is 0 Å². The predicted molar refractivity (Wildman–Crippen MR) is 91.8 cm³/mol. The summed E-state index contributed by atoms with van der Waals surface area (Å²) in [7, 11) is 0.336.